The topological polar surface area (TPSA) is 38.7 Å². The molecule has 0 saturated heterocycles. The van der Waals surface area contributed by atoms with Crippen molar-refractivity contribution in [1.82, 2.24) is 15.0 Å². The molecule has 0 fully saturated rings. The lowest BCUT2D eigenvalue weighted by Gasteiger charge is -2.14. The zero-order valence-electron chi connectivity index (χ0n) is 22.6. The van der Waals surface area contributed by atoms with Gasteiger partial charge in [0, 0.05) is 39.2 Å². The number of benzene rings is 6. The number of pyridine rings is 1. The van der Waals surface area contributed by atoms with Crippen molar-refractivity contribution in [3.63, 3.8) is 0 Å². The number of hydrogen-bond acceptors (Lipinski definition) is 3. The fourth-order valence-corrected chi connectivity index (χ4v) is 6.53. The van der Waals surface area contributed by atoms with Crippen LogP contribution in [0.2, 0.25) is 0 Å². The average Bonchev–Trinajstić information content (AvgIpc) is 3.18. The number of hydrogen-bond donors (Lipinski definition) is 0. The van der Waals surface area contributed by atoms with E-state index in [0.29, 0.717) is 5.82 Å². The van der Waals surface area contributed by atoms with Gasteiger partial charge in [-0.15, -0.1) is 0 Å². The van der Waals surface area contributed by atoms with E-state index in [2.05, 4.69) is 127 Å². The van der Waals surface area contributed by atoms with Gasteiger partial charge in [0.25, 0.3) is 0 Å². The summed E-state index contributed by atoms with van der Waals surface area (Å²) in [6.07, 6.45) is 1.94. The van der Waals surface area contributed by atoms with Crippen LogP contribution in [0, 0.1) is 0 Å². The molecular weight excluding hydrogens is 510 g/mol. The summed E-state index contributed by atoms with van der Waals surface area (Å²) in [4.78, 5) is 15.6. The summed E-state index contributed by atoms with van der Waals surface area (Å²) >= 11 is 0. The normalized spacial score (nSPS) is 11.8. The van der Waals surface area contributed by atoms with E-state index >= 15 is 0 Å². The second-order valence-electron chi connectivity index (χ2n) is 10.8. The van der Waals surface area contributed by atoms with Gasteiger partial charge in [0.1, 0.15) is 0 Å². The minimum atomic E-state index is 0.672. The van der Waals surface area contributed by atoms with Gasteiger partial charge in [-0.3, -0.25) is 4.98 Å². The highest BCUT2D eigenvalue weighted by molar-refractivity contribution is 6.13. The highest BCUT2D eigenvalue weighted by Crippen LogP contribution is 2.47. The lowest BCUT2D eigenvalue weighted by molar-refractivity contribution is 1.21. The molecule has 0 saturated carbocycles. The summed E-state index contributed by atoms with van der Waals surface area (Å²) in [5.74, 6) is 0.672. The summed E-state index contributed by atoms with van der Waals surface area (Å²) in [5.41, 5.74) is 10.7. The maximum absolute atomic E-state index is 5.22. The van der Waals surface area contributed by atoms with Crippen molar-refractivity contribution in [2.24, 2.45) is 0 Å². The first-order chi connectivity index (χ1) is 20.8. The molecule has 6 aromatic carbocycles. The zero-order chi connectivity index (χ0) is 27.6. The molecular formula is C39H23N3. The molecule has 1 aliphatic rings. The molecule has 0 atom stereocenters. The van der Waals surface area contributed by atoms with E-state index in [4.69, 9.17) is 15.0 Å². The van der Waals surface area contributed by atoms with E-state index in [9.17, 15) is 0 Å². The molecule has 2 aromatic heterocycles. The smallest absolute Gasteiger partial charge is 0.162 e. The van der Waals surface area contributed by atoms with Crippen molar-refractivity contribution >= 4 is 32.4 Å². The third-order valence-corrected chi connectivity index (χ3v) is 8.45. The second kappa shape index (κ2) is 8.92. The standard InChI is InChI=1S/C39H23N3/c1-2-11-26(12-3-1)36-33-21-20-24-10-4-5-15-28(24)38(33)42-39(41-36)27-22-34-30-17-7-6-16-29(30)31-18-8-13-25-14-9-19-32(35(25)31)37(34)40-23-27/h1-23H. The first kappa shape index (κ1) is 23.1. The molecule has 194 valence electrons. The van der Waals surface area contributed by atoms with Gasteiger partial charge in [0.05, 0.1) is 16.9 Å². The average molecular weight is 534 g/mol. The predicted molar refractivity (Wildman–Crippen MR) is 173 cm³/mol. The van der Waals surface area contributed by atoms with Crippen molar-refractivity contribution in [2.75, 3.05) is 0 Å². The van der Waals surface area contributed by atoms with E-state index < -0.39 is 0 Å². The molecule has 0 amide bonds. The van der Waals surface area contributed by atoms with Crippen molar-refractivity contribution in [3.05, 3.63) is 140 Å². The summed E-state index contributed by atoms with van der Waals surface area (Å²) in [5, 5.41) is 5.78. The third kappa shape index (κ3) is 3.37. The monoisotopic (exact) mass is 533 g/mol. The van der Waals surface area contributed by atoms with Crippen molar-refractivity contribution in [1.29, 1.82) is 0 Å². The van der Waals surface area contributed by atoms with Gasteiger partial charge in [0.15, 0.2) is 5.82 Å². The predicted octanol–water partition coefficient (Wildman–Crippen LogP) is 9.98. The molecule has 3 nitrogen and oxygen atoms in total. The van der Waals surface area contributed by atoms with Gasteiger partial charge in [-0.25, -0.2) is 9.97 Å². The molecule has 0 radical (unpaired) electrons. The quantitative estimate of drug-likeness (QED) is 0.208. The highest BCUT2D eigenvalue weighted by Gasteiger charge is 2.23. The molecule has 0 unspecified atom stereocenters. The SMILES string of the molecule is c1ccc(-c2nc(-c3cnc4c(c3)-c3ccccc3-c3cccc5cccc-4c35)nc3c2ccc2ccccc23)cc1. The summed E-state index contributed by atoms with van der Waals surface area (Å²) < 4.78 is 0. The molecule has 8 aromatic rings. The Morgan fingerprint density at radius 3 is 1.95 bits per heavy atom. The Kier molecular flexibility index (Phi) is 4.90. The van der Waals surface area contributed by atoms with Gasteiger partial charge in [-0.05, 0) is 45.0 Å². The van der Waals surface area contributed by atoms with Crippen LogP contribution in [0.3, 0.4) is 0 Å². The number of rotatable bonds is 2. The van der Waals surface area contributed by atoms with E-state index in [-0.39, 0.29) is 0 Å². The fraction of sp³-hybridized carbons (Fsp3) is 0. The van der Waals surface area contributed by atoms with Gasteiger partial charge < -0.3 is 0 Å². The Labute approximate surface area is 242 Å². The highest BCUT2D eigenvalue weighted by atomic mass is 14.9. The molecule has 1 aliphatic carbocycles. The van der Waals surface area contributed by atoms with Crippen LogP contribution < -0.4 is 0 Å². The first-order valence-corrected chi connectivity index (χ1v) is 14.2. The first-order valence-electron chi connectivity index (χ1n) is 14.2. The number of fused-ring (bicyclic) bond motifs is 8. The van der Waals surface area contributed by atoms with Gasteiger partial charge in [0.2, 0.25) is 0 Å². The van der Waals surface area contributed by atoms with E-state index in [1.807, 2.05) is 12.3 Å². The van der Waals surface area contributed by atoms with Crippen LogP contribution in [-0.4, -0.2) is 15.0 Å². The molecule has 9 rings (SSSR count). The summed E-state index contributed by atoms with van der Waals surface area (Å²) in [7, 11) is 0. The summed E-state index contributed by atoms with van der Waals surface area (Å²) in [6, 6.07) is 47.0. The van der Waals surface area contributed by atoms with E-state index in [1.54, 1.807) is 0 Å². The van der Waals surface area contributed by atoms with Crippen molar-refractivity contribution in [2.45, 2.75) is 0 Å². The molecule has 0 N–H and O–H groups in total. The van der Waals surface area contributed by atoms with Crippen LogP contribution >= 0.6 is 0 Å². The Bertz CT molecular complexity index is 2350. The fourth-order valence-electron chi connectivity index (χ4n) is 6.53. The van der Waals surface area contributed by atoms with Crippen LogP contribution in [0.25, 0.3) is 88.6 Å². The van der Waals surface area contributed by atoms with Gasteiger partial charge in [-0.2, -0.15) is 0 Å². The van der Waals surface area contributed by atoms with Gasteiger partial charge in [-0.1, -0.05) is 121 Å². The largest absolute Gasteiger partial charge is 0.255 e. The Morgan fingerprint density at radius 2 is 1.10 bits per heavy atom. The number of nitrogens with zero attached hydrogens (tertiary/aromatic N) is 3. The zero-order valence-corrected chi connectivity index (χ0v) is 22.6. The Morgan fingerprint density at radius 1 is 0.405 bits per heavy atom. The van der Waals surface area contributed by atoms with E-state index in [1.165, 1.54) is 27.5 Å². The third-order valence-electron chi connectivity index (χ3n) is 8.45. The molecule has 0 bridgehead atoms. The maximum Gasteiger partial charge on any atom is 0.162 e. The Hall–Kier alpha value is -5.67. The van der Waals surface area contributed by atoms with Crippen LogP contribution in [0.5, 0.6) is 0 Å². The molecule has 2 heterocycles. The molecule has 0 spiro atoms. The molecule has 42 heavy (non-hydrogen) atoms. The minimum Gasteiger partial charge on any atom is -0.255 e. The lowest BCUT2D eigenvalue weighted by Crippen LogP contribution is -1.98. The molecule has 0 aliphatic heterocycles. The van der Waals surface area contributed by atoms with Crippen LogP contribution in [-0.2, 0) is 0 Å². The second-order valence-corrected chi connectivity index (χ2v) is 10.8. The molecule has 3 heteroatoms. The maximum atomic E-state index is 5.22. The van der Waals surface area contributed by atoms with Crippen molar-refractivity contribution < 1.29 is 0 Å². The number of aromatic nitrogens is 3. The summed E-state index contributed by atoms with van der Waals surface area (Å²) in [6.45, 7) is 0. The lowest BCUT2D eigenvalue weighted by atomic mass is 9.94. The van der Waals surface area contributed by atoms with Crippen LogP contribution in [0.15, 0.2) is 140 Å². The van der Waals surface area contributed by atoms with E-state index in [0.717, 1.165) is 55.3 Å². The van der Waals surface area contributed by atoms with Crippen molar-refractivity contribution in [3.8, 4) is 56.2 Å². The van der Waals surface area contributed by atoms with Crippen LogP contribution in [0.1, 0.15) is 0 Å². The Balaban J connectivity index is 1.35. The van der Waals surface area contributed by atoms with Crippen LogP contribution in [0.4, 0.5) is 0 Å². The van der Waals surface area contributed by atoms with Gasteiger partial charge >= 0.3 is 0 Å². The minimum absolute atomic E-state index is 0.672.